The fourth-order valence-electron chi connectivity index (χ4n) is 1.56. The van der Waals surface area contributed by atoms with Crippen LogP contribution in [0.3, 0.4) is 0 Å². The molecule has 0 saturated carbocycles. The highest BCUT2D eigenvalue weighted by Gasteiger charge is 2.15. The topological polar surface area (TPSA) is 90.0 Å². The molecule has 0 radical (unpaired) electrons. The number of aryl methyl sites for hydroxylation is 1. The summed E-state index contributed by atoms with van der Waals surface area (Å²) >= 11 is 1.19. The molecule has 0 bridgehead atoms. The molecule has 0 fully saturated rings. The molecule has 0 saturated heterocycles. The van der Waals surface area contributed by atoms with E-state index >= 15 is 0 Å². The summed E-state index contributed by atoms with van der Waals surface area (Å²) in [6.07, 6.45) is 5.97. The Morgan fingerprint density at radius 3 is 2.95 bits per heavy atom. The average Bonchev–Trinajstić information content (AvgIpc) is 3.05. The third-order valence-corrected chi connectivity index (χ3v) is 5.52. The highest BCUT2D eigenvalue weighted by atomic mass is 32.2. The Bertz CT molecular complexity index is 604. The zero-order valence-corrected chi connectivity index (χ0v) is 12.0. The van der Waals surface area contributed by atoms with Crippen LogP contribution in [0.5, 0.6) is 0 Å². The first-order valence-corrected chi connectivity index (χ1v) is 8.21. The minimum Gasteiger partial charge on any atom is -0.337 e. The second-order valence-corrected chi connectivity index (χ2v) is 6.93. The van der Waals surface area contributed by atoms with Crippen LogP contribution in [0.2, 0.25) is 0 Å². The highest BCUT2D eigenvalue weighted by molar-refractivity contribution is 7.91. The molecule has 2 rings (SSSR count). The van der Waals surface area contributed by atoms with Crippen LogP contribution >= 0.6 is 11.3 Å². The Morgan fingerprint density at radius 2 is 2.32 bits per heavy atom. The lowest BCUT2D eigenvalue weighted by Crippen LogP contribution is -2.24. The lowest BCUT2D eigenvalue weighted by atomic mass is 10.4. The molecule has 3 N–H and O–H groups in total. The summed E-state index contributed by atoms with van der Waals surface area (Å²) in [5.41, 5.74) is 6.30. The SMILES string of the molecule is NCc1csc(S(=O)(=O)NCCCn2ccnc2)c1. The van der Waals surface area contributed by atoms with Crippen molar-refractivity contribution in [2.24, 2.45) is 5.73 Å². The summed E-state index contributed by atoms with van der Waals surface area (Å²) in [5.74, 6) is 0. The van der Waals surface area contributed by atoms with Crippen LogP contribution in [0.15, 0.2) is 34.4 Å². The number of hydrogen-bond donors (Lipinski definition) is 2. The Labute approximate surface area is 116 Å². The molecule has 0 aliphatic carbocycles. The molecule has 2 heterocycles. The van der Waals surface area contributed by atoms with Crippen LogP contribution in [0.25, 0.3) is 0 Å². The second-order valence-electron chi connectivity index (χ2n) is 4.03. The standard InChI is InChI=1S/C11H16N4O2S2/c12-7-10-6-11(18-8-10)19(16,17)14-2-1-4-15-5-3-13-9-15/h3,5-6,8-9,14H,1-2,4,7,12H2. The molecule has 8 heteroatoms. The fourth-order valence-corrected chi connectivity index (χ4v) is 3.90. The van der Waals surface area contributed by atoms with Crippen molar-refractivity contribution in [2.75, 3.05) is 6.54 Å². The molecule has 0 aliphatic heterocycles. The van der Waals surface area contributed by atoms with Crippen molar-refractivity contribution in [3.63, 3.8) is 0 Å². The number of sulfonamides is 1. The Kier molecular flexibility index (Phi) is 4.70. The van der Waals surface area contributed by atoms with E-state index in [1.807, 2.05) is 10.8 Å². The molecular formula is C11H16N4O2S2. The van der Waals surface area contributed by atoms with E-state index in [-0.39, 0.29) is 0 Å². The summed E-state index contributed by atoms with van der Waals surface area (Å²) in [5, 5.41) is 1.76. The second kappa shape index (κ2) is 6.29. The van der Waals surface area contributed by atoms with Crippen molar-refractivity contribution < 1.29 is 8.42 Å². The largest absolute Gasteiger partial charge is 0.337 e. The summed E-state index contributed by atoms with van der Waals surface area (Å²) in [4.78, 5) is 3.92. The fraction of sp³-hybridized carbons (Fsp3) is 0.364. The van der Waals surface area contributed by atoms with Crippen LogP contribution in [0.4, 0.5) is 0 Å². The van der Waals surface area contributed by atoms with E-state index in [1.54, 1.807) is 24.0 Å². The van der Waals surface area contributed by atoms with Gasteiger partial charge in [-0.3, -0.25) is 0 Å². The van der Waals surface area contributed by atoms with E-state index in [0.29, 0.717) is 23.7 Å². The van der Waals surface area contributed by atoms with Gasteiger partial charge in [0.25, 0.3) is 0 Å². The van der Waals surface area contributed by atoms with Gasteiger partial charge in [-0.15, -0.1) is 11.3 Å². The number of aromatic nitrogens is 2. The molecule has 6 nitrogen and oxygen atoms in total. The molecule has 0 spiro atoms. The van der Waals surface area contributed by atoms with Gasteiger partial charge < -0.3 is 10.3 Å². The van der Waals surface area contributed by atoms with Crippen LogP contribution in [0, 0.1) is 0 Å². The van der Waals surface area contributed by atoms with Gasteiger partial charge in [0.2, 0.25) is 10.0 Å². The van der Waals surface area contributed by atoms with Crippen molar-refractivity contribution in [1.82, 2.24) is 14.3 Å². The first kappa shape index (κ1) is 14.2. The van der Waals surface area contributed by atoms with E-state index in [4.69, 9.17) is 5.73 Å². The zero-order chi connectivity index (χ0) is 13.7. The number of thiophene rings is 1. The number of nitrogens with two attached hydrogens (primary N) is 1. The summed E-state index contributed by atoms with van der Waals surface area (Å²) in [6.45, 7) is 1.49. The summed E-state index contributed by atoms with van der Waals surface area (Å²) < 4.78 is 28.7. The van der Waals surface area contributed by atoms with Crippen molar-refractivity contribution in [1.29, 1.82) is 0 Å². The van der Waals surface area contributed by atoms with Crippen molar-refractivity contribution in [2.45, 2.75) is 23.7 Å². The van der Waals surface area contributed by atoms with Gasteiger partial charge in [0, 0.05) is 32.0 Å². The average molecular weight is 300 g/mol. The van der Waals surface area contributed by atoms with E-state index < -0.39 is 10.0 Å². The van der Waals surface area contributed by atoms with Crippen LogP contribution < -0.4 is 10.5 Å². The van der Waals surface area contributed by atoms with Gasteiger partial charge in [-0.25, -0.2) is 18.1 Å². The molecule has 19 heavy (non-hydrogen) atoms. The molecule has 0 atom stereocenters. The molecular weight excluding hydrogens is 284 g/mol. The maximum absolute atomic E-state index is 12.0. The molecule has 0 aromatic carbocycles. The Balaban J connectivity index is 1.84. The summed E-state index contributed by atoms with van der Waals surface area (Å²) in [6, 6.07) is 1.61. The molecule has 2 aromatic rings. The smallest absolute Gasteiger partial charge is 0.250 e. The van der Waals surface area contributed by atoms with Crippen molar-refractivity contribution in [3.05, 3.63) is 35.7 Å². The van der Waals surface area contributed by atoms with Gasteiger partial charge in [-0.2, -0.15) is 0 Å². The number of nitrogens with one attached hydrogen (secondary N) is 1. The first-order chi connectivity index (χ1) is 9.12. The molecule has 104 valence electrons. The maximum Gasteiger partial charge on any atom is 0.250 e. The van der Waals surface area contributed by atoms with Gasteiger partial charge in [-0.05, 0) is 23.4 Å². The van der Waals surface area contributed by atoms with E-state index in [2.05, 4.69) is 9.71 Å². The quantitative estimate of drug-likeness (QED) is 0.739. The normalized spacial score (nSPS) is 11.8. The van der Waals surface area contributed by atoms with Crippen LogP contribution in [-0.2, 0) is 23.1 Å². The molecule has 0 amide bonds. The zero-order valence-electron chi connectivity index (χ0n) is 10.3. The van der Waals surface area contributed by atoms with Gasteiger partial charge >= 0.3 is 0 Å². The summed E-state index contributed by atoms with van der Waals surface area (Å²) in [7, 11) is -3.40. The predicted molar refractivity (Wildman–Crippen MR) is 74.2 cm³/mol. The van der Waals surface area contributed by atoms with Crippen LogP contribution in [0.1, 0.15) is 12.0 Å². The Hall–Kier alpha value is -1.22. The first-order valence-electron chi connectivity index (χ1n) is 5.85. The molecule has 2 aromatic heterocycles. The highest BCUT2D eigenvalue weighted by Crippen LogP contribution is 2.19. The molecule has 0 aliphatic rings. The van der Waals surface area contributed by atoms with E-state index in [0.717, 1.165) is 12.1 Å². The molecule has 0 unspecified atom stereocenters. The van der Waals surface area contributed by atoms with Crippen molar-refractivity contribution in [3.8, 4) is 0 Å². The van der Waals surface area contributed by atoms with Gasteiger partial charge in [0.15, 0.2) is 0 Å². The van der Waals surface area contributed by atoms with E-state index in [9.17, 15) is 8.42 Å². The Morgan fingerprint density at radius 1 is 1.47 bits per heavy atom. The van der Waals surface area contributed by atoms with Gasteiger partial charge in [0.05, 0.1) is 6.33 Å². The van der Waals surface area contributed by atoms with Gasteiger partial charge in [0.1, 0.15) is 4.21 Å². The number of rotatable bonds is 7. The maximum atomic E-state index is 12.0. The number of imidazole rings is 1. The monoisotopic (exact) mass is 300 g/mol. The minimum atomic E-state index is -3.40. The number of hydrogen-bond acceptors (Lipinski definition) is 5. The van der Waals surface area contributed by atoms with Crippen molar-refractivity contribution >= 4 is 21.4 Å². The lowest BCUT2D eigenvalue weighted by Gasteiger charge is -2.05. The minimum absolute atomic E-state index is 0.315. The third kappa shape index (κ3) is 3.87. The van der Waals surface area contributed by atoms with E-state index in [1.165, 1.54) is 11.3 Å². The number of nitrogens with zero attached hydrogens (tertiary/aromatic N) is 2. The predicted octanol–water partition coefficient (Wildman–Crippen LogP) is 0.772. The van der Waals surface area contributed by atoms with Crippen LogP contribution in [-0.4, -0.2) is 24.5 Å². The lowest BCUT2D eigenvalue weighted by molar-refractivity contribution is 0.571. The third-order valence-electron chi connectivity index (χ3n) is 2.57. The van der Waals surface area contributed by atoms with Gasteiger partial charge in [-0.1, -0.05) is 0 Å².